The molecular weight excluding hydrogens is 284 g/mol. The Labute approximate surface area is 110 Å². The lowest BCUT2D eigenvalue weighted by atomic mass is 10.2. The van der Waals surface area contributed by atoms with Gasteiger partial charge in [-0.3, -0.25) is 4.90 Å². The Bertz CT molecular complexity index is 346. The summed E-state index contributed by atoms with van der Waals surface area (Å²) in [5.41, 5.74) is 1.17. The van der Waals surface area contributed by atoms with Crippen LogP contribution in [0.2, 0.25) is 0 Å². The summed E-state index contributed by atoms with van der Waals surface area (Å²) in [6.45, 7) is 2.21. The van der Waals surface area contributed by atoms with Gasteiger partial charge < -0.3 is 0 Å². The molecule has 88 valence electrons. The Kier molecular flexibility index (Phi) is 4.67. The van der Waals surface area contributed by atoms with Crippen LogP contribution in [0.25, 0.3) is 0 Å². The average molecular weight is 301 g/mol. The quantitative estimate of drug-likeness (QED) is 0.795. The molecule has 0 aliphatic carbocycles. The fraction of sp³-hybridized carbons (Fsp3) is 0.583. The largest absolute Gasteiger partial charge is 0.294 e. The van der Waals surface area contributed by atoms with Crippen LogP contribution in [0.1, 0.15) is 18.5 Å². The number of pyridine rings is 1. The molecule has 0 spiro atoms. The Hall–Kier alpha value is -0.0600. The summed E-state index contributed by atoms with van der Waals surface area (Å²) in [5, 5.41) is 0. The highest BCUT2D eigenvalue weighted by Crippen LogP contribution is 2.22. The van der Waals surface area contributed by atoms with Crippen molar-refractivity contribution in [3.05, 3.63) is 28.5 Å². The number of nitrogens with zero attached hydrogens (tertiary/aromatic N) is 2. The summed E-state index contributed by atoms with van der Waals surface area (Å²) < 4.78 is 0.936. The van der Waals surface area contributed by atoms with Crippen LogP contribution in [0.3, 0.4) is 0 Å². The number of thioether (sulfide) groups is 1. The van der Waals surface area contributed by atoms with Gasteiger partial charge in [-0.2, -0.15) is 11.8 Å². The highest BCUT2D eigenvalue weighted by molar-refractivity contribution is 9.10. The van der Waals surface area contributed by atoms with Gasteiger partial charge in [0.25, 0.3) is 0 Å². The van der Waals surface area contributed by atoms with Crippen LogP contribution in [-0.2, 0) is 6.54 Å². The van der Waals surface area contributed by atoms with Gasteiger partial charge in [-0.25, -0.2) is 4.98 Å². The first-order valence-corrected chi connectivity index (χ1v) is 7.82. The number of aromatic nitrogens is 1. The van der Waals surface area contributed by atoms with Gasteiger partial charge in [-0.15, -0.1) is 0 Å². The SMILES string of the molecule is CSCC1CCCN1Cc1cccc(Br)n1. The van der Waals surface area contributed by atoms with Crippen molar-refractivity contribution in [2.75, 3.05) is 18.6 Å². The molecule has 4 heteroatoms. The summed E-state index contributed by atoms with van der Waals surface area (Å²) in [5.74, 6) is 1.24. The molecule has 1 fully saturated rings. The van der Waals surface area contributed by atoms with Gasteiger partial charge in [0.15, 0.2) is 0 Å². The Morgan fingerprint density at radius 3 is 3.19 bits per heavy atom. The van der Waals surface area contributed by atoms with E-state index in [-0.39, 0.29) is 0 Å². The van der Waals surface area contributed by atoms with E-state index >= 15 is 0 Å². The lowest BCUT2D eigenvalue weighted by molar-refractivity contribution is 0.261. The highest BCUT2D eigenvalue weighted by Gasteiger charge is 2.23. The van der Waals surface area contributed by atoms with Crippen molar-refractivity contribution in [3.63, 3.8) is 0 Å². The van der Waals surface area contributed by atoms with E-state index in [1.165, 1.54) is 30.8 Å². The van der Waals surface area contributed by atoms with E-state index in [9.17, 15) is 0 Å². The molecule has 0 bridgehead atoms. The highest BCUT2D eigenvalue weighted by atomic mass is 79.9. The molecule has 2 heterocycles. The van der Waals surface area contributed by atoms with E-state index in [1.807, 2.05) is 17.8 Å². The van der Waals surface area contributed by atoms with Gasteiger partial charge >= 0.3 is 0 Å². The van der Waals surface area contributed by atoms with Crippen LogP contribution in [-0.4, -0.2) is 34.5 Å². The van der Waals surface area contributed by atoms with Crippen LogP contribution >= 0.6 is 27.7 Å². The van der Waals surface area contributed by atoms with E-state index in [0.29, 0.717) is 0 Å². The van der Waals surface area contributed by atoms with E-state index in [0.717, 1.165) is 17.2 Å². The van der Waals surface area contributed by atoms with Gasteiger partial charge in [-0.05, 0) is 53.7 Å². The second kappa shape index (κ2) is 6.03. The zero-order valence-electron chi connectivity index (χ0n) is 9.53. The third-order valence-corrected chi connectivity index (χ3v) is 4.16. The lowest BCUT2D eigenvalue weighted by Gasteiger charge is -2.23. The van der Waals surface area contributed by atoms with Gasteiger partial charge in [0.1, 0.15) is 4.60 Å². The second-order valence-corrected chi connectivity index (χ2v) is 5.90. The molecule has 1 aliphatic rings. The Balaban J connectivity index is 1.98. The monoisotopic (exact) mass is 300 g/mol. The maximum Gasteiger partial charge on any atom is 0.106 e. The van der Waals surface area contributed by atoms with Gasteiger partial charge in [-0.1, -0.05) is 6.07 Å². The molecule has 16 heavy (non-hydrogen) atoms. The maximum atomic E-state index is 4.50. The summed E-state index contributed by atoms with van der Waals surface area (Å²) >= 11 is 5.37. The van der Waals surface area contributed by atoms with E-state index < -0.39 is 0 Å². The van der Waals surface area contributed by atoms with Crippen LogP contribution < -0.4 is 0 Å². The summed E-state index contributed by atoms with van der Waals surface area (Å²) in [6.07, 6.45) is 4.86. The standard InChI is InChI=1S/C12H17BrN2S/c1-16-9-11-5-3-7-15(11)8-10-4-2-6-12(13)14-10/h2,4,6,11H,3,5,7-9H2,1H3. The predicted octanol–water partition coefficient (Wildman–Crippen LogP) is 3.17. The Morgan fingerprint density at radius 1 is 1.56 bits per heavy atom. The van der Waals surface area contributed by atoms with Crippen molar-refractivity contribution in [3.8, 4) is 0 Å². The summed E-state index contributed by atoms with van der Waals surface area (Å²) in [7, 11) is 0. The van der Waals surface area contributed by atoms with Gasteiger partial charge in [0, 0.05) is 18.3 Å². The van der Waals surface area contributed by atoms with Crippen molar-refractivity contribution < 1.29 is 0 Å². The van der Waals surface area contributed by atoms with Crippen molar-refractivity contribution in [1.82, 2.24) is 9.88 Å². The van der Waals surface area contributed by atoms with Crippen molar-refractivity contribution in [1.29, 1.82) is 0 Å². The molecule has 2 nitrogen and oxygen atoms in total. The number of halogens is 1. The molecule has 0 saturated carbocycles. The first-order valence-electron chi connectivity index (χ1n) is 5.64. The number of rotatable bonds is 4. The van der Waals surface area contributed by atoms with Crippen molar-refractivity contribution in [2.45, 2.75) is 25.4 Å². The normalized spacial score (nSPS) is 21.5. The van der Waals surface area contributed by atoms with Crippen LogP contribution in [0, 0.1) is 0 Å². The third-order valence-electron chi connectivity index (χ3n) is 3.00. The average Bonchev–Trinajstić information content (AvgIpc) is 2.66. The topological polar surface area (TPSA) is 16.1 Å². The fourth-order valence-corrected chi connectivity index (χ4v) is 3.37. The molecule has 1 unspecified atom stereocenters. The molecule has 0 radical (unpaired) electrons. The minimum Gasteiger partial charge on any atom is -0.294 e. The Morgan fingerprint density at radius 2 is 2.44 bits per heavy atom. The molecule has 1 atom stereocenters. The fourth-order valence-electron chi connectivity index (χ4n) is 2.23. The van der Waals surface area contributed by atoms with Crippen molar-refractivity contribution in [2.24, 2.45) is 0 Å². The molecule has 2 rings (SSSR count). The maximum absolute atomic E-state index is 4.50. The molecule has 0 amide bonds. The predicted molar refractivity (Wildman–Crippen MR) is 73.8 cm³/mol. The number of likely N-dealkylation sites (tertiary alicyclic amines) is 1. The lowest BCUT2D eigenvalue weighted by Crippen LogP contribution is -2.31. The smallest absolute Gasteiger partial charge is 0.106 e. The molecule has 1 aliphatic heterocycles. The number of hydrogen-bond acceptors (Lipinski definition) is 3. The minimum atomic E-state index is 0.746. The molecule has 0 aromatic carbocycles. The molecule has 0 N–H and O–H groups in total. The van der Waals surface area contributed by atoms with Crippen molar-refractivity contribution >= 4 is 27.7 Å². The van der Waals surface area contributed by atoms with E-state index in [2.05, 4.69) is 44.2 Å². The zero-order chi connectivity index (χ0) is 11.4. The second-order valence-electron chi connectivity index (χ2n) is 4.17. The van der Waals surface area contributed by atoms with Crippen LogP contribution in [0.4, 0.5) is 0 Å². The third kappa shape index (κ3) is 3.22. The van der Waals surface area contributed by atoms with Crippen LogP contribution in [0.15, 0.2) is 22.8 Å². The molecule has 1 saturated heterocycles. The van der Waals surface area contributed by atoms with Crippen LogP contribution in [0.5, 0.6) is 0 Å². The minimum absolute atomic E-state index is 0.746. The zero-order valence-corrected chi connectivity index (χ0v) is 11.9. The summed E-state index contributed by atoms with van der Waals surface area (Å²) in [4.78, 5) is 7.06. The van der Waals surface area contributed by atoms with E-state index in [1.54, 1.807) is 0 Å². The molecule has 1 aromatic heterocycles. The van der Waals surface area contributed by atoms with E-state index in [4.69, 9.17) is 0 Å². The van der Waals surface area contributed by atoms with Gasteiger partial charge in [0.2, 0.25) is 0 Å². The summed E-state index contributed by atoms with van der Waals surface area (Å²) in [6, 6.07) is 6.90. The molecular formula is C12H17BrN2S. The first kappa shape index (κ1) is 12.4. The number of hydrogen-bond donors (Lipinski definition) is 0. The molecule has 1 aromatic rings. The van der Waals surface area contributed by atoms with Gasteiger partial charge in [0.05, 0.1) is 5.69 Å². The first-order chi connectivity index (χ1) is 7.79.